The van der Waals surface area contributed by atoms with E-state index in [2.05, 4.69) is 10.2 Å². The van der Waals surface area contributed by atoms with Crippen molar-refractivity contribution in [1.29, 1.82) is 0 Å². The van der Waals surface area contributed by atoms with Crippen molar-refractivity contribution >= 4 is 5.91 Å². The number of amides is 1. The van der Waals surface area contributed by atoms with Crippen LogP contribution in [0.15, 0.2) is 30.5 Å². The first-order valence-corrected chi connectivity index (χ1v) is 8.88. The average molecular weight is 343 g/mol. The number of aliphatic hydroxyl groups is 1. The van der Waals surface area contributed by atoms with Gasteiger partial charge in [0.2, 0.25) is 0 Å². The molecule has 6 heteroatoms. The lowest BCUT2D eigenvalue weighted by Crippen LogP contribution is -2.54. The second-order valence-corrected chi connectivity index (χ2v) is 7.21. The number of likely N-dealkylation sites (tertiary alicyclic amines) is 1. The van der Waals surface area contributed by atoms with E-state index in [0.29, 0.717) is 30.8 Å². The molecule has 1 aliphatic heterocycles. The number of nitrogens with zero attached hydrogens (tertiary/aromatic N) is 2. The minimum Gasteiger partial charge on any atom is -0.389 e. The number of halogens is 1. The van der Waals surface area contributed by atoms with Crippen LogP contribution in [0.2, 0.25) is 0 Å². The van der Waals surface area contributed by atoms with Crippen LogP contribution in [-0.2, 0) is 0 Å². The van der Waals surface area contributed by atoms with Crippen LogP contribution in [0.4, 0.5) is 4.39 Å². The van der Waals surface area contributed by atoms with Crippen LogP contribution < -0.4 is 0 Å². The Kier molecular flexibility index (Phi) is 4.07. The molecular formula is C19H22FN3O2. The molecule has 2 N–H and O–H groups in total. The van der Waals surface area contributed by atoms with Gasteiger partial charge in [-0.15, -0.1) is 0 Å². The molecule has 1 aliphatic carbocycles. The summed E-state index contributed by atoms with van der Waals surface area (Å²) >= 11 is 0. The molecule has 0 spiro atoms. The first kappa shape index (κ1) is 16.3. The van der Waals surface area contributed by atoms with E-state index in [-0.39, 0.29) is 17.6 Å². The van der Waals surface area contributed by atoms with E-state index >= 15 is 0 Å². The number of nitrogens with one attached hydrogen (secondary N) is 1. The molecule has 2 heterocycles. The van der Waals surface area contributed by atoms with Crippen molar-refractivity contribution in [3.63, 3.8) is 0 Å². The normalized spacial score (nSPS) is 26.3. The maximum absolute atomic E-state index is 13.1. The highest BCUT2D eigenvalue weighted by molar-refractivity contribution is 5.99. The molecule has 1 saturated carbocycles. The van der Waals surface area contributed by atoms with Crippen molar-refractivity contribution in [3.8, 4) is 11.3 Å². The van der Waals surface area contributed by atoms with Gasteiger partial charge in [-0.1, -0.05) is 12.8 Å². The molecule has 2 atom stereocenters. The van der Waals surface area contributed by atoms with Crippen LogP contribution in [0.1, 0.15) is 42.5 Å². The molecule has 132 valence electrons. The molecule has 1 saturated heterocycles. The third-order valence-electron chi connectivity index (χ3n) is 5.72. The number of H-pyrrole nitrogens is 1. The summed E-state index contributed by atoms with van der Waals surface area (Å²) in [5.74, 6) is -0.246. The van der Waals surface area contributed by atoms with Gasteiger partial charge in [0.1, 0.15) is 5.82 Å². The number of aromatic nitrogens is 2. The fourth-order valence-corrected chi connectivity index (χ4v) is 4.21. The third-order valence-corrected chi connectivity index (χ3v) is 5.72. The second-order valence-electron chi connectivity index (χ2n) is 7.21. The third kappa shape index (κ3) is 2.95. The zero-order valence-corrected chi connectivity index (χ0v) is 14.0. The van der Waals surface area contributed by atoms with Gasteiger partial charge in [-0.25, -0.2) is 4.39 Å². The van der Waals surface area contributed by atoms with E-state index < -0.39 is 5.60 Å². The van der Waals surface area contributed by atoms with E-state index in [0.717, 1.165) is 31.2 Å². The van der Waals surface area contributed by atoms with Gasteiger partial charge in [0.25, 0.3) is 5.91 Å². The Balaban J connectivity index is 1.56. The number of carbonyl (C=O) groups is 1. The summed E-state index contributed by atoms with van der Waals surface area (Å²) in [4.78, 5) is 14.8. The smallest absolute Gasteiger partial charge is 0.257 e. The largest absolute Gasteiger partial charge is 0.389 e. The molecule has 2 aromatic rings. The van der Waals surface area contributed by atoms with Crippen molar-refractivity contribution in [2.24, 2.45) is 5.92 Å². The van der Waals surface area contributed by atoms with Crippen molar-refractivity contribution in [2.45, 2.75) is 37.7 Å². The van der Waals surface area contributed by atoms with Crippen LogP contribution in [0, 0.1) is 11.7 Å². The highest BCUT2D eigenvalue weighted by atomic mass is 19.1. The SMILES string of the molecule is O=C(c1cn[nH]c1-c1ccc(F)cc1)N1CCC2(O)CCCCC2C1. The monoisotopic (exact) mass is 343 g/mol. The molecule has 4 rings (SSSR count). The zero-order chi connectivity index (χ0) is 17.4. The average Bonchev–Trinajstić information content (AvgIpc) is 3.10. The van der Waals surface area contributed by atoms with Gasteiger partial charge in [0.05, 0.1) is 23.1 Å². The summed E-state index contributed by atoms with van der Waals surface area (Å²) < 4.78 is 13.1. The predicted molar refractivity (Wildman–Crippen MR) is 91.4 cm³/mol. The maximum Gasteiger partial charge on any atom is 0.257 e. The number of aromatic amines is 1. The van der Waals surface area contributed by atoms with E-state index in [9.17, 15) is 14.3 Å². The van der Waals surface area contributed by atoms with Gasteiger partial charge < -0.3 is 10.0 Å². The Morgan fingerprint density at radius 1 is 1.28 bits per heavy atom. The minimum atomic E-state index is -0.606. The molecule has 1 aromatic carbocycles. The highest BCUT2D eigenvalue weighted by Gasteiger charge is 2.44. The van der Waals surface area contributed by atoms with Crippen molar-refractivity contribution < 1.29 is 14.3 Å². The fraction of sp³-hybridized carbons (Fsp3) is 0.474. The van der Waals surface area contributed by atoms with Gasteiger partial charge in [-0.05, 0) is 43.5 Å². The maximum atomic E-state index is 13.1. The summed E-state index contributed by atoms with van der Waals surface area (Å²) in [5.41, 5.74) is 1.22. The number of carbonyl (C=O) groups excluding carboxylic acids is 1. The van der Waals surface area contributed by atoms with Crippen molar-refractivity contribution in [2.75, 3.05) is 13.1 Å². The number of fused-ring (bicyclic) bond motifs is 1. The molecule has 5 nitrogen and oxygen atoms in total. The first-order chi connectivity index (χ1) is 12.1. The van der Waals surface area contributed by atoms with Crippen LogP contribution in [0.5, 0.6) is 0 Å². The number of rotatable bonds is 2. The summed E-state index contributed by atoms with van der Waals surface area (Å²) in [5, 5.41) is 17.7. The van der Waals surface area contributed by atoms with Gasteiger partial charge >= 0.3 is 0 Å². The Morgan fingerprint density at radius 2 is 2.08 bits per heavy atom. The lowest BCUT2D eigenvalue weighted by molar-refractivity contribution is -0.0886. The Hall–Kier alpha value is -2.21. The molecule has 2 fully saturated rings. The zero-order valence-electron chi connectivity index (χ0n) is 14.0. The van der Waals surface area contributed by atoms with Crippen LogP contribution in [0.25, 0.3) is 11.3 Å². The van der Waals surface area contributed by atoms with Gasteiger partial charge in [0.15, 0.2) is 0 Å². The lowest BCUT2D eigenvalue weighted by Gasteiger charge is -2.47. The molecule has 1 amide bonds. The predicted octanol–water partition coefficient (Wildman–Crippen LogP) is 2.98. The van der Waals surface area contributed by atoms with E-state index in [1.54, 1.807) is 12.1 Å². The van der Waals surface area contributed by atoms with Gasteiger partial charge in [0, 0.05) is 24.6 Å². The van der Waals surface area contributed by atoms with Crippen LogP contribution in [0.3, 0.4) is 0 Å². The van der Waals surface area contributed by atoms with Crippen molar-refractivity contribution in [1.82, 2.24) is 15.1 Å². The Bertz CT molecular complexity index is 773. The molecule has 2 unspecified atom stereocenters. The molecular weight excluding hydrogens is 321 g/mol. The topological polar surface area (TPSA) is 69.2 Å². The summed E-state index contributed by atoms with van der Waals surface area (Å²) in [7, 11) is 0. The molecule has 0 bridgehead atoms. The molecule has 1 aromatic heterocycles. The Labute approximate surface area is 145 Å². The molecule has 0 radical (unpaired) electrons. The van der Waals surface area contributed by atoms with Crippen LogP contribution >= 0.6 is 0 Å². The summed E-state index contributed by atoms with van der Waals surface area (Å²) in [6, 6.07) is 6.01. The quantitative estimate of drug-likeness (QED) is 0.881. The Morgan fingerprint density at radius 3 is 2.88 bits per heavy atom. The van der Waals surface area contributed by atoms with Crippen molar-refractivity contribution in [3.05, 3.63) is 41.8 Å². The molecule has 2 aliphatic rings. The number of hydrogen-bond acceptors (Lipinski definition) is 3. The van der Waals surface area contributed by atoms with E-state index in [1.165, 1.54) is 18.3 Å². The number of benzene rings is 1. The van der Waals surface area contributed by atoms with Gasteiger partial charge in [-0.3, -0.25) is 9.89 Å². The fourth-order valence-electron chi connectivity index (χ4n) is 4.21. The minimum absolute atomic E-state index is 0.0827. The second kappa shape index (κ2) is 6.26. The van der Waals surface area contributed by atoms with E-state index in [4.69, 9.17) is 0 Å². The van der Waals surface area contributed by atoms with Crippen LogP contribution in [-0.4, -0.2) is 44.8 Å². The summed E-state index contributed by atoms with van der Waals surface area (Å²) in [6.07, 6.45) is 6.15. The van der Waals surface area contributed by atoms with Gasteiger partial charge in [-0.2, -0.15) is 5.10 Å². The standard InChI is InChI=1S/C19H22FN3O2/c20-15-6-4-13(5-7-15)17-16(11-21-22-17)18(24)23-10-9-19(25)8-2-1-3-14(19)12-23/h4-7,11,14,25H,1-3,8-10,12H2,(H,21,22). The first-order valence-electron chi connectivity index (χ1n) is 8.88. The highest BCUT2D eigenvalue weighted by Crippen LogP contribution is 2.40. The lowest BCUT2D eigenvalue weighted by atomic mass is 9.71. The number of piperidine rings is 1. The van der Waals surface area contributed by atoms with E-state index in [1.807, 2.05) is 4.90 Å². The number of hydrogen-bond donors (Lipinski definition) is 2. The molecule has 25 heavy (non-hydrogen) atoms. The summed E-state index contributed by atoms with van der Waals surface area (Å²) in [6.45, 7) is 1.14.